The normalized spacial score (nSPS) is 15.8. The van der Waals surface area contributed by atoms with Crippen LogP contribution >= 0.6 is 0 Å². The van der Waals surface area contributed by atoms with Gasteiger partial charge in [0.15, 0.2) is 0 Å². The van der Waals surface area contributed by atoms with Gasteiger partial charge in [-0.3, -0.25) is 4.79 Å². The zero-order valence-electron chi connectivity index (χ0n) is 10.4. The second-order valence-electron chi connectivity index (χ2n) is 4.91. The molecule has 1 saturated carbocycles. The minimum absolute atomic E-state index is 0.0516. The summed E-state index contributed by atoms with van der Waals surface area (Å²) in [4.78, 5) is 12.4. The van der Waals surface area contributed by atoms with Gasteiger partial charge in [0.2, 0.25) is 5.91 Å². The van der Waals surface area contributed by atoms with Gasteiger partial charge in [-0.05, 0) is 36.6 Å². The van der Waals surface area contributed by atoms with E-state index in [-0.39, 0.29) is 11.7 Å². The highest BCUT2D eigenvalue weighted by atomic mass is 19.1. The molecule has 3 heteroatoms. The van der Waals surface area contributed by atoms with Crippen molar-refractivity contribution in [3.8, 4) is 0 Å². The first-order valence-corrected chi connectivity index (χ1v) is 6.33. The van der Waals surface area contributed by atoms with Crippen LogP contribution in [0.4, 0.5) is 10.1 Å². The highest BCUT2D eigenvalue weighted by molar-refractivity contribution is 6.01. The average molecular weight is 255 g/mol. The summed E-state index contributed by atoms with van der Waals surface area (Å²) in [6.45, 7) is 0. The minimum atomic E-state index is -0.423. The molecule has 96 valence electrons. The fourth-order valence-corrected chi connectivity index (χ4v) is 2.35. The molecule has 2 nitrogen and oxygen atoms in total. The van der Waals surface area contributed by atoms with Crippen molar-refractivity contribution in [1.82, 2.24) is 0 Å². The third kappa shape index (κ3) is 2.24. The van der Waals surface area contributed by atoms with Crippen molar-refractivity contribution in [1.29, 1.82) is 0 Å². The van der Waals surface area contributed by atoms with Crippen molar-refractivity contribution >= 4 is 11.6 Å². The summed E-state index contributed by atoms with van der Waals surface area (Å²) in [7, 11) is 0. The maximum Gasteiger partial charge on any atom is 0.235 e. The van der Waals surface area contributed by atoms with Gasteiger partial charge in [0, 0.05) is 5.69 Å². The average Bonchev–Trinajstić information content (AvgIpc) is 3.21. The van der Waals surface area contributed by atoms with E-state index in [9.17, 15) is 9.18 Å². The van der Waals surface area contributed by atoms with Crippen LogP contribution in [0.3, 0.4) is 0 Å². The van der Waals surface area contributed by atoms with E-state index < -0.39 is 5.41 Å². The lowest BCUT2D eigenvalue weighted by Crippen LogP contribution is -2.27. The second kappa shape index (κ2) is 4.50. The molecule has 0 aromatic heterocycles. The maximum atomic E-state index is 13.1. The Morgan fingerprint density at radius 2 is 1.79 bits per heavy atom. The molecule has 2 aromatic rings. The molecule has 0 saturated heterocycles. The highest BCUT2D eigenvalue weighted by Gasteiger charge is 2.51. The van der Waals surface area contributed by atoms with E-state index in [4.69, 9.17) is 0 Å². The van der Waals surface area contributed by atoms with E-state index in [0.29, 0.717) is 5.69 Å². The smallest absolute Gasteiger partial charge is 0.235 e. The molecule has 0 atom stereocenters. The first kappa shape index (κ1) is 11.9. The summed E-state index contributed by atoms with van der Waals surface area (Å²) in [6, 6.07) is 15.7. The third-order valence-corrected chi connectivity index (χ3v) is 3.59. The minimum Gasteiger partial charge on any atom is -0.325 e. The third-order valence-electron chi connectivity index (χ3n) is 3.59. The SMILES string of the molecule is O=C(Nc1cccc(F)c1)C1(c2ccccc2)CC1. The van der Waals surface area contributed by atoms with E-state index in [1.165, 1.54) is 12.1 Å². The van der Waals surface area contributed by atoms with Crippen LogP contribution in [0.25, 0.3) is 0 Å². The monoisotopic (exact) mass is 255 g/mol. The molecule has 2 aromatic carbocycles. The van der Waals surface area contributed by atoms with Crippen LogP contribution in [-0.2, 0) is 10.2 Å². The molecule has 1 aliphatic carbocycles. The van der Waals surface area contributed by atoms with Crippen LogP contribution < -0.4 is 5.32 Å². The number of halogens is 1. The first-order chi connectivity index (χ1) is 9.21. The number of anilines is 1. The van der Waals surface area contributed by atoms with Gasteiger partial charge >= 0.3 is 0 Å². The molecule has 1 fully saturated rings. The predicted molar refractivity (Wildman–Crippen MR) is 72.4 cm³/mol. The van der Waals surface area contributed by atoms with Gasteiger partial charge in [0.1, 0.15) is 5.82 Å². The van der Waals surface area contributed by atoms with Gasteiger partial charge < -0.3 is 5.32 Å². The second-order valence-corrected chi connectivity index (χ2v) is 4.91. The van der Waals surface area contributed by atoms with E-state index in [1.54, 1.807) is 12.1 Å². The van der Waals surface area contributed by atoms with Crippen LogP contribution in [0, 0.1) is 5.82 Å². The number of nitrogens with one attached hydrogen (secondary N) is 1. The number of carbonyl (C=O) groups excluding carboxylic acids is 1. The molecule has 1 aliphatic rings. The zero-order chi connectivity index (χ0) is 13.3. The van der Waals surface area contributed by atoms with Gasteiger partial charge in [-0.15, -0.1) is 0 Å². The summed E-state index contributed by atoms with van der Waals surface area (Å²) in [5, 5.41) is 2.81. The Labute approximate surface area is 111 Å². The molecule has 0 radical (unpaired) electrons. The number of amides is 1. The van der Waals surface area contributed by atoms with Gasteiger partial charge in [-0.25, -0.2) is 4.39 Å². The first-order valence-electron chi connectivity index (χ1n) is 6.33. The molecule has 1 amide bonds. The molecule has 0 spiro atoms. The van der Waals surface area contributed by atoms with E-state index in [1.807, 2.05) is 30.3 Å². The van der Waals surface area contributed by atoms with E-state index >= 15 is 0 Å². The number of hydrogen-bond donors (Lipinski definition) is 1. The van der Waals surface area contributed by atoms with Crippen LogP contribution in [-0.4, -0.2) is 5.91 Å². The Bertz CT molecular complexity index is 605. The Balaban J connectivity index is 1.82. The summed E-state index contributed by atoms with van der Waals surface area (Å²) in [5.74, 6) is -0.397. The number of benzene rings is 2. The topological polar surface area (TPSA) is 29.1 Å². The molecule has 19 heavy (non-hydrogen) atoms. The van der Waals surface area contributed by atoms with Crippen molar-refractivity contribution < 1.29 is 9.18 Å². The lowest BCUT2D eigenvalue weighted by molar-refractivity contribution is -0.118. The zero-order valence-corrected chi connectivity index (χ0v) is 10.4. The van der Waals surface area contributed by atoms with E-state index in [0.717, 1.165) is 18.4 Å². The standard InChI is InChI=1S/C16H14FNO/c17-13-7-4-8-14(11-13)18-15(19)16(9-10-16)12-5-2-1-3-6-12/h1-8,11H,9-10H2,(H,18,19). The quantitative estimate of drug-likeness (QED) is 0.893. The van der Waals surface area contributed by atoms with Crippen LogP contribution in [0.1, 0.15) is 18.4 Å². The van der Waals surface area contributed by atoms with Gasteiger partial charge in [-0.1, -0.05) is 36.4 Å². The van der Waals surface area contributed by atoms with Crippen molar-refractivity contribution in [3.63, 3.8) is 0 Å². The van der Waals surface area contributed by atoms with Crippen molar-refractivity contribution in [3.05, 3.63) is 66.0 Å². The van der Waals surface area contributed by atoms with Crippen LogP contribution in [0.2, 0.25) is 0 Å². The Morgan fingerprint density at radius 3 is 2.42 bits per heavy atom. The molecule has 3 rings (SSSR count). The van der Waals surface area contributed by atoms with Gasteiger partial charge in [0.05, 0.1) is 5.41 Å². The Morgan fingerprint density at radius 1 is 1.05 bits per heavy atom. The Hall–Kier alpha value is -2.16. The molecule has 0 aliphatic heterocycles. The summed E-state index contributed by atoms with van der Waals surface area (Å²) < 4.78 is 13.1. The predicted octanol–water partition coefficient (Wildman–Crippen LogP) is 3.50. The molecular formula is C16H14FNO. The molecule has 0 heterocycles. The van der Waals surface area contributed by atoms with E-state index in [2.05, 4.69) is 5.32 Å². The molecule has 0 bridgehead atoms. The summed E-state index contributed by atoms with van der Waals surface area (Å²) in [6.07, 6.45) is 1.69. The molecule has 1 N–H and O–H groups in total. The van der Waals surface area contributed by atoms with Crippen molar-refractivity contribution in [2.24, 2.45) is 0 Å². The lowest BCUT2D eigenvalue weighted by Gasteiger charge is -2.15. The Kier molecular flexibility index (Phi) is 2.82. The van der Waals surface area contributed by atoms with Crippen LogP contribution in [0.5, 0.6) is 0 Å². The fraction of sp³-hybridized carbons (Fsp3) is 0.188. The van der Waals surface area contributed by atoms with Gasteiger partial charge in [-0.2, -0.15) is 0 Å². The number of rotatable bonds is 3. The highest BCUT2D eigenvalue weighted by Crippen LogP contribution is 2.48. The lowest BCUT2D eigenvalue weighted by atomic mass is 9.95. The molecule has 0 unspecified atom stereocenters. The maximum absolute atomic E-state index is 13.1. The summed E-state index contributed by atoms with van der Waals surface area (Å²) >= 11 is 0. The number of hydrogen-bond acceptors (Lipinski definition) is 1. The van der Waals surface area contributed by atoms with Crippen molar-refractivity contribution in [2.75, 3.05) is 5.32 Å². The van der Waals surface area contributed by atoms with Crippen molar-refractivity contribution in [2.45, 2.75) is 18.3 Å². The number of carbonyl (C=O) groups is 1. The largest absolute Gasteiger partial charge is 0.325 e. The summed E-state index contributed by atoms with van der Waals surface area (Å²) in [5.41, 5.74) is 1.12. The fourth-order valence-electron chi connectivity index (χ4n) is 2.35. The molecular weight excluding hydrogens is 241 g/mol. The van der Waals surface area contributed by atoms with Gasteiger partial charge in [0.25, 0.3) is 0 Å². The van der Waals surface area contributed by atoms with Crippen LogP contribution in [0.15, 0.2) is 54.6 Å².